The second kappa shape index (κ2) is 6.52. The Bertz CT molecular complexity index is 406. The van der Waals surface area contributed by atoms with Crippen molar-refractivity contribution in [1.29, 1.82) is 0 Å². The number of hydrogen-bond donors (Lipinski definition) is 1. The van der Waals surface area contributed by atoms with Crippen LogP contribution < -0.4 is 5.32 Å². The predicted octanol–water partition coefficient (Wildman–Crippen LogP) is 1.62. The first-order valence-corrected chi connectivity index (χ1v) is 5.94. The van der Waals surface area contributed by atoms with Gasteiger partial charge in [-0.3, -0.25) is 5.32 Å². The Labute approximate surface area is 108 Å². The zero-order valence-corrected chi connectivity index (χ0v) is 11.4. The molecule has 0 spiro atoms. The highest BCUT2D eigenvalue weighted by atomic mass is 16.5. The van der Waals surface area contributed by atoms with Gasteiger partial charge in [0.25, 0.3) is 0 Å². The highest BCUT2D eigenvalue weighted by molar-refractivity contribution is 5.82. The van der Waals surface area contributed by atoms with Crippen molar-refractivity contribution in [2.24, 2.45) is 0 Å². The van der Waals surface area contributed by atoms with Crippen molar-refractivity contribution >= 4 is 5.97 Å². The summed E-state index contributed by atoms with van der Waals surface area (Å²) in [5.41, 5.74) is 1.13. The lowest BCUT2D eigenvalue weighted by Gasteiger charge is -2.30. The van der Waals surface area contributed by atoms with Gasteiger partial charge in [0.05, 0.1) is 13.7 Å². The van der Waals surface area contributed by atoms with E-state index in [-0.39, 0.29) is 5.97 Å². The number of esters is 1. The monoisotopic (exact) mass is 251 g/mol. The summed E-state index contributed by atoms with van der Waals surface area (Å²) in [4.78, 5) is 12.1. The molecular formula is C14H21NO3. The van der Waals surface area contributed by atoms with E-state index >= 15 is 0 Å². The molecule has 0 saturated heterocycles. The largest absolute Gasteiger partial charge is 0.467 e. The summed E-state index contributed by atoms with van der Waals surface area (Å²) in [6.07, 6.45) is 0. The topological polar surface area (TPSA) is 47.6 Å². The summed E-state index contributed by atoms with van der Waals surface area (Å²) in [6.45, 7) is 4.93. The molecule has 0 amide bonds. The van der Waals surface area contributed by atoms with Crippen LogP contribution >= 0.6 is 0 Å². The molecule has 1 unspecified atom stereocenters. The molecule has 0 fully saturated rings. The number of methoxy groups -OCH3 is 2. The third-order valence-electron chi connectivity index (χ3n) is 3.06. The lowest BCUT2D eigenvalue weighted by molar-refractivity contribution is -0.148. The first-order valence-electron chi connectivity index (χ1n) is 5.94. The molecular weight excluding hydrogens is 230 g/mol. The van der Waals surface area contributed by atoms with E-state index in [1.165, 1.54) is 7.11 Å². The number of aryl methyl sites for hydroxylation is 1. The molecule has 1 rings (SSSR count). The number of hydrogen-bond acceptors (Lipinski definition) is 4. The molecule has 0 heterocycles. The van der Waals surface area contributed by atoms with Gasteiger partial charge in [-0.15, -0.1) is 0 Å². The summed E-state index contributed by atoms with van der Waals surface area (Å²) >= 11 is 0. The zero-order valence-electron chi connectivity index (χ0n) is 11.4. The van der Waals surface area contributed by atoms with Crippen LogP contribution in [-0.2, 0) is 19.8 Å². The molecule has 0 saturated carbocycles. The van der Waals surface area contributed by atoms with E-state index in [9.17, 15) is 4.79 Å². The molecule has 0 radical (unpaired) electrons. The molecule has 4 nitrogen and oxygen atoms in total. The Hall–Kier alpha value is -1.39. The highest BCUT2D eigenvalue weighted by Gasteiger charge is 2.36. The Kier molecular flexibility index (Phi) is 5.31. The SMILES string of the molecule is COCCNC(C)(C(=O)OC)c1ccccc1C. The molecule has 0 aliphatic rings. The molecule has 1 atom stereocenters. The number of rotatable bonds is 6. The Balaban J connectivity index is 3.04. The van der Waals surface area contributed by atoms with Gasteiger partial charge in [0.15, 0.2) is 0 Å². The average molecular weight is 251 g/mol. The normalized spacial score (nSPS) is 14.0. The maximum Gasteiger partial charge on any atom is 0.330 e. The number of carbonyl (C=O) groups is 1. The van der Waals surface area contributed by atoms with Crippen LogP contribution in [0.3, 0.4) is 0 Å². The van der Waals surface area contributed by atoms with Crippen LogP contribution in [0.1, 0.15) is 18.1 Å². The van der Waals surface area contributed by atoms with E-state index in [1.54, 1.807) is 7.11 Å². The van der Waals surface area contributed by atoms with Gasteiger partial charge in [0.1, 0.15) is 5.54 Å². The molecule has 1 aromatic carbocycles. The van der Waals surface area contributed by atoms with Crippen molar-refractivity contribution in [3.05, 3.63) is 35.4 Å². The number of ether oxygens (including phenoxy) is 2. The minimum Gasteiger partial charge on any atom is -0.467 e. The summed E-state index contributed by atoms with van der Waals surface area (Å²) in [6, 6.07) is 7.79. The first-order chi connectivity index (χ1) is 8.56. The van der Waals surface area contributed by atoms with Crippen LogP contribution in [0.25, 0.3) is 0 Å². The Morgan fingerprint density at radius 1 is 1.33 bits per heavy atom. The van der Waals surface area contributed by atoms with Gasteiger partial charge in [-0.2, -0.15) is 0 Å². The molecule has 18 heavy (non-hydrogen) atoms. The minimum atomic E-state index is -0.849. The maximum absolute atomic E-state index is 12.1. The van der Waals surface area contributed by atoms with Crippen molar-refractivity contribution in [3.63, 3.8) is 0 Å². The van der Waals surface area contributed by atoms with Gasteiger partial charge in [-0.25, -0.2) is 4.79 Å². The Morgan fingerprint density at radius 2 is 2.00 bits per heavy atom. The minimum absolute atomic E-state index is 0.298. The summed E-state index contributed by atoms with van der Waals surface area (Å²) in [5, 5.41) is 3.21. The van der Waals surface area contributed by atoms with E-state index < -0.39 is 5.54 Å². The van der Waals surface area contributed by atoms with Crippen LogP contribution in [0.2, 0.25) is 0 Å². The second-order valence-electron chi connectivity index (χ2n) is 4.35. The summed E-state index contributed by atoms with van der Waals surface area (Å²) in [5.74, 6) is -0.298. The summed E-state index contributed by atoms with van der Waals surface area (Å²) < 4.78 is 9.92. The van der Waals surface area contributed by atoms with Crippen molar-refractivity contribution in [3.8, 4) is 0 Å². The molecule has 1 N–H and O–H groups in total. The average Bonchev–Trinajstić information content (AvgIpc) is 2.38. The van der Waals surface area contributed by atoms with Crippen molar-refractivity contribution in [2.75, 3.05) is 27.4 Å². The van der Waals surface area contributed by atoms with Crippen molar-refractivity contribution < 1.29 is 14.3 Å². The standard InChI is InChI=1S/C14H21NO3/c1-11-7-5-6-8-12(11)14(2,13(16)18-4)15-9-10-17-3/h5-8,15H,9-10H2,1-4H3. The number of benzene rings is 1. The van der Waals surface area contributed by atoms with E-state index in [0.29, 0.717) is 13.2 Å². The van der Waals surface area contributed by atoms with Crippen LogP contribution in [-0.4, -0.2) is 33.3 Å². The predicted molar refractivity (Wildman–Crippen MR) is 70.4 cm³/mol. The van der Waals surface area contributed by atoms with Gasteiger partial charge in [-0.05, 0) is 25.0 Å². The van der Waals surface area contributed by atoms with Crippen LogP contribution in [0, 0.1) is 6.92 Å². The van der Waals surface area contributed by atoms with Crippen LogP contribution in [0.5, 0.6) is 0 Å². The molecule has 100 valence electrons. The maximum atomic E-state index is 12.1. The van der Waals surface area contributed by atoms with Crippen LogP contribution in [0.15, 0.2) is 24.3 Å². The number of nitrogens with one attached hydrogen (secondary N) is 1. The van der Waals surface area contributed by atoms with Gasteiger partial charge < -0.3 is 9.47 Å². The highest BCUT2D eigenvalue weighted by Crippen LogP contribution is 2.25. The van der Waals surface area contributed by atoms with Crippen molar-refractivity contribution in [1.82, 2.24) is 5.32 Å². The smallest absolute Gasteiger partial charge is 0.330 e. The molecule has 0 aromatic heterocycles. The fourth-order valence-electron chi connectivity index (χ4n) is 2.02. The van der Waals surface area contributed by atoms with Gasteiger partial charge in [0, 0.05) is 13.7 Å². The van der Waals surface area contributed by atoms with Crippen molar-refractivity contribution in [2.45, 2.75) is 19.4 Å². The first kappa shape index (κ1) is 14.7. The third kappa shape index (κ3) is 3.09. The lowest BCUT2D eigenvalue weighted by atomic mass is 9.88. The van der Waals surface area contributed by atoms with Gasteiger partial charge in [-0.1, -0.05) is 24.3 Å². The van der Waals surface area contributed by atoms with E-state index in [4.69, 9.17) is 9.47 Å². The second-order valence-corrected chi connectivity index (χ2v) is 4.35. The van der Waals surface area contributed by atoms with E-state index in [0.717, 1.165) is 11.1 Å². The quantitative estimate of drug-likeness (QED) is 0.616. The summed E-state index contributed by atoms with van der Waals surface area (Å²) in [7, 11) is 3.03. The molecule has 0 aliphatic heterocycles. The lowest BCUT2D eigenvalue weighted by Crippen LogP contribution is -2.49. The Morgan fingerprint density at radius 3 is 2.56 bits per heavy atom. The third-order valence-corrected chi connectivity index (χ3v) is 3.06. The van der Waals surface area contributed by atoms with E-state index in [2.05, 4.69) is 5.32 Å². The molecule has 1 aromatic rings. The zero-order chi connectivity index (χ0) is 13.6. The van der Waals surface area contributed by atoms with Gasteiger partial charge in [0.2, 0.25) is 0 Å². The molecule has 0 bridgehead atoms. The molecule has 0 aliphatic carbocycles. The fourth-order valence-corrected chi connectivity index (χ4v) is 2.02. The fraction of sp³-hybridized carbons (Fsp3) is 0.500. The van der Waals surface area contributed by atoms with E-state index in [1.807, 2.05) is 38.1 Å². The van der Waals surface area contributed by atoms with Crippen LogP contribution in [0.4, 0.5) is 0 Å². The van der Waals surface area contributed by atoms with Gasteiger partial charge >= 0.3 is 5.97 Å². The number of carbonyl (C=O) groups excluding carboxylic acids is 1. The molecule has 4 heteroatoms.